The molecule has 0 aliphatic carbocycles. The summed E-state index contributed by atoms with van der Waals surface area (Å²) in [5.41, 5.74) is 3.76. The number of ether oxygens (including phenoxy) is 1. The van der Waals surface area contributed by atoms with E-state index in [2.05, 4.69) is 19.1 Å². The molecule has 146 valence electrons. The average Bonchev–Trinajstić information content (AvgIpc) is 2.69. The Kier molecular flexibility index (Phi) is 6.50. The van der Waals surface area contributed by atoms with Gasteiger partial charge >= 0.3 is 0 Å². The second-order valence-corrected chi connectivity index (χ2v) is 7.31. The number of benzene rings is 2. The number of aryl methyl sites for hydroxylation is 1. The van der Waals surface area contributed by atoms with Crippen LogP contribution in [-0.4, -0.2) is 46.4 Å². The summed E-state index contributed by atoms with van der Waals surface area (Å²) in [6.07, 6.45) is -5.46. The van der Waals surface area contributed by atoms with Crippen molar-refractivity contribution in [1.29, 1.82) is 0 Å². The highest BCUT2D eigenvalue weighted by atomic mass is 35.5. The van der Waals surface area contributed by atoms with Gasteiger partial charge in [-0.05, 0) is 41.2 Å². The van der Waals surface area contributed by atoms with Gasteiger partial charge in [-0.1, -0.05) is 54.9 Å². The monoisotopic (exact) mass is 394 g/mol. The highest BCUT2D eigenvalue weighted by Gasteiger charge is 2.45. The zero-order valence-corrected chi connectivity index (χ0v) is 15.8. The van der Waals surface area contributed by atoms with Gasteiger partial charge in [-0.25, -0.2) is 4.39 Å². The zero-order valence-electron chi connectivity index (χ0n) is 15.1. The van der Waals surface area contributed by atoms with E-state index in [0.29, 0.717) is 17.0 Å². The minimum Gasteiger partial charge on any atom is -0.394 e. The van der Waals surface area contributed by atoms with Crippen LogP contribution < -0.4 is 0 Å². The molecule has 1 aliphatic heterocycles. The van der Waals surface area contributed by atoms with Crippen LogP contribution in [0, 0.1) is 0 Å². The number of alkyl halides is 1. The first kappa shape index (κ1) is 20.2. The Hall–Kier alpha value is -1.50. The largest absolute Gasteiger partial charge is 0.394 e. The third kappa shape index (κ3) is 4.33. The second-order valence-electron chi connectivity index (χ2n) is 6.90. The highest BCUT2D eigenvalue weighted by Crippen LogP contribution is 2.35. The summed E-state index contributed by atoms with van der Waals surface area (Å²) in [7, 11) is 0. The van der Waals surface area contributed by atoms with Crippen LogP contribution in [-0.2, 0) is 17.6 Å². The first-order valence-corrected chi connectivity index (χ1v) is 9.45. The van der Waals surface area contributed by atoms with Gasteiger partial charge < -0.3 is 20.1 Å². The Bertz CT molecular complexity index is 765. The Morgan fingerprint density at radius 2 is 1.70 bits per heavy atom. The Labute approximate surface area is 163 Å². The molecule has 0 aromatic heterocycles. The van der Waals surface area contributed by atoms with Gasteiger partial charge in [-0.2, -0.15) is 0 Å². The summed E-state index contributed by atoms with van der Waals surface area (Å²) < 4.78 is 19.5. The van der Waals surface area contributed by atoms with Crippen LogP contribution in [0.25, 0.3) is 0 Å². The van der Waals surface area contributed by atoms with Gasteiger partial charge in [-0.15, -0.1) is 0 Å². The molecule has 5 atom stereocenters. The van der Waals surface area contributed by atoms with Crippen LogP contribution in [0.1, 0.15) is 35.3 Å². The van der Waals surface area contributed by atoms with Crippen molar-refractivity contribution < 1.29 is 24.4 Å². The summed E-state index contributed by atoms with van der Waals surface area (Å²) in [6, 6.07) is 13.4. The predicted octanol–water partition coefficient (Wildman–Crippen LogP) is 2.99. The lowest BCUT2D eigenvalue weighted by molar-refractivity contribution is -0.214. The SMILES string of the molecule is CCc1ccc(Cc2cc(C3OC(CO)C(F)C(O)C3O)ccc2Cl)cc1. The first-order chi connectivity index (χ1) is 12.9. The van der Waals surface area contributed by atoms with Crippen LogP contribution in [0.2, 0.25) is 5.02 Å². The lowest BCUT2D eigenvalue weighted by atomic mass is 9.90. The fourth-order valence-corrected chi connectivity index (χ4v) is 3.55. The molecule has 2 aromatic carbocycles. The summed E-state index contributed by atoms with van der Waals surface area (Å²) in [6.45, 7) is 1.52. The van der Waals surface area contributed by atoms with Crippen LogP contribution in [0.3, 0.4) is 0 Å². The van der Waals surface area contributed by atoms with E-state index in [9.17, 15) is 19.7 Å². The van der Waals surface area contributed by atoms with Gasteiger partial charge in [0, 0.05) is 5.02 Å². The molecule has 6 heteroatoms. The molecule has 2 aromatic rings. The predicted molar refractivity (Wildman–Crippen MR) is 102 cm³/mol. The fourth-order valence-electron chi connectivity index (χ4n) is 3.37. The van der Waals surface area contributed by atoms with Crippen molar-refractivity contribution in [3.63, 3.8) is 0 Å². The van der Waals surface area contributed by atoms with Crippen molar-refractivity contribution in [3.05, 3.63) is 69.7 Å². The van der Waals surface area contributed by atoms with Crippen molar-refractivity contribution >= 4 is 11.6 Å². The third-order valence-electron chi connectivity index (χ3n) is 5.07. The number of halogens is 2. The molecule has 0 spiro atoms. The maximum absolute atomic E-state index is 14.0. The van der Waals surface area contributed by atoms with Gasteiger partial charge in [0.2, 0.25) is 0 Å². The first-order valence-electron chi connectivity index (χ1n) is 9.07. The molecule has 0 saturated carbocycles. The van der Waals surface area contributed by atoms with Gasteiger partial charge in [0.05, 0.1) is 6.61 Å². The van der Waals surface area contributed by atoms with Gasteiger partial charge in [0.1, 0.15) is 24.4 Å². The second kappa shape index (κ2) is 8.67. The summed E-state index contributed by atoms with van der Waals surface area (Å²) in [5.74, 6) is 0. The number of hydrogen-bond donors (Lipinski definition) is 3. The topological polar surface area (TPSA) is 69.9 Å². The van der Waals surface area contributed by atoms with Crippen LogP contribution in [0.15, 0.2) is 42.5 Å². The third-order valence-corrected chi connectivity index (χ3v) is 5.44. The molecule has 1 aliphatic rings. The van der Waals surface area contributed by atoms with E-state index < -0.39 is 37.2 Å². The van der Waals surface area contributed by atoms with Crippen molar-refractivity contribution in [1.82, 2.24) is 0 Å². The maximum Gasteiger partial charge on any atom is 0.157 e. The number of aliphatic hydroxyl groups is 3. The van der Waals surface area contributed by atoms with E-state index in [-0.39, 0.29) is 0 Å². The molecule has 1 heterocycles. The van der Waals surface area contributed by atoms with Crippen molar-refractivity contribution in [2.75, 3.05) is 6.61 Å². The van der Waals surface area contributed by atoms with E-state index in [0.717, 1.165) is 17.5 Å². The van der Waals surface area contributed by atoms with E-state index >= 15 is 0 Å². The van der Waals surface area contributed by atoms with Crippen LogP contribution >= 0.6 is 11.6 Å². The van der Waals surface area contributed by atoms with E-state index in [1.165, 1.54) is 5.56 Å². The molecule has 4 nitrogen and oxygen atoms in total. The summed E-state index contributed by atoms with van der Waals surface area (Å²) >= 11 is 6.34. The quantitative estimate of drug-likeness (QED) is 0.729. The van der Waals surface area contributed by atoms with Crippen LogP contribution in [0.4, 0.5) is 4.39 Å². The molecule has 3 rings (SSSR count). The highest BCUT2D eigenvalue weighted by molar-refractivity contribution is 6.31. The average molecular weight is 395 g/mol. The van der Waals surface area contributed by atoms with Crippen molar-refractivity contribution in [3.8, 4) is 0 Å². The lowest BCUT2D eigenvalue weighted by Crippen LogP contribution is -2.53. The molecule has 0 amide bonds. The molecule has 27 heavy (non-hydrogen) atoms. The molecule has 5 unspecified atom stereocenters. The molecular weight excluding hydrogens is 371 g/mol. The number of aliphatic hydroxyl groups excluding tert-OH is 3. The molecule has 0 bridgehead atoms. The Morgan fingerprint density at radius 1 is 1.04 bits per heavy atom. The normalized spacial score (nSPS) is 28.3. The minimum atomic E-state index is -1.84. The number of hydrogen-bond acceptors (Lipinski definition) is 4. The van der Waals surface area contributed by atoms with E-state index in [1.807, 2.05) is 12.1 Å². The van der Waals surface area contributed by atoms with Crippen molar-refractivity contribution in [2.24, 2.45) is 0 Å². The van der Waals surface area contributed by atoms with Gasteiger partial charge in [-0.3, -0.25) is 0 Å². The molecule has 0 radical (unpaired) electrons. The molecule has 1 fully saturated rings. The van der Waals surface area contributed by atoms with Gasteiger partial charge in [0.25, 0.3) is 0 Å². The molecule has 1 saturated heterocycles. The standard InChI is InChI=1S/C21H24ClFO4/c1-2-12-3-5-13(6-4-12)9-15-10-14(7-8-16(15)22)21-20(26)19(25)18(23)17(11-24)27-21/h3-8,10,17-21,24-26H,2,9,11H2,1H3. The van der Waals surface area contributed by atoms with Crippen LogP contribution in [0.5, 0.6) is 0 Å². The van der Waals surface area contributed by atoms with E-state index in [4.69, 9.17) is 16.3 Å². The minimum absolute atomic E-state index is 0.575. The summed E-state index contributed by atoms with van der Waals surface area (Å²) in [5, 5.41) is 30.1. The number of rotatable bonds is 5. The maximum atomic E-state index is 14.0. The summed E-state index contributed by atoms with van der Waals surface area (Å²) in [4.78, 5) is 0. The fraction of sp³-hybridized carbons (Fsp3) is 0.429. The lowest BCUT2D eigenvalue weighted by Gasteiger charge is -2.39. The zero-order chi connectivity index (χ0) is 19.6. The van der Waals surface area contributed by atoms with Gasteiger partial charge in [0.15, 0.2) is 6.17 Å². The van der Waals surface area contributed by atoms with Crippen molar-refractivity contribution in [2.45, 2.75) is 50.4 Å². The smallest absolute Gasteiger partial charge is 0.157 e. The Balaban J connectivity index is 1.85. The molecule has 3 N–H and O–H groups in total. The van der Waals surface area contributed by atoms with E-state index in [1.54, 1.807) is 18.2 Å². The Morgan fingerprint density at radius 3 is 2.33 bits per heavy atom. The molecular formula is C21H24ClFO4.